The molecule has 94 valence electrons. The number of hydrogen-bond donors (Lipinski definition) is 2. The van der Waals surface area contributed by atoms with E-state index < -0.39 is 5.97 Å². The smallest absolute Gasteiger partial charge is 0.306 e. The molecule has 1 aliphatic carbocycles. The van der Waals surface area contributed by atoms with Crippen molar-refractivity contribution in [3.8, 4) is 0 Å². The minimum atomic E-state index is -0.633. The second kappa shape index (κ2) is 7.63. The lowest BCUT2D eigenvalue weighted by molar-refractivity contribution is -0.143. The first-order valence-electron chi connectivity index (χ1n) is 6.19. The third-order valence-electron chi connectivity index (χ3n) is 3.23. The number of rotatable bonds is 7. The summed E-state index contributed by atoms with van der Waals surface area (Å²) in [5.74, 6) is -0.767. The van der Waals surface area contributed by atoms with E-state index in [1.165, 1.54) is 0 Å². The lowest BCUT2D eigenvalue weighted by atomic mass is 9.86. The monoisotopic (exact) mass is 229 g/mol. The number of nitrogens with one attached hydrogen (secondary N) is 1. The molecule has 0 radical (unpaired) electrons. The fourth-order valence-electron chi connectivity index (χ4n) is 2.28. The molecule has 0 aliphatic heterocycles. The molecule has 0 bridgehead atoms. The van der Waals surface area contributed by atoms with Crippen LogP contribution in [0.3, 0.4) is 0 Å². The summed E-state index contributed by atoms with van der Waals surface area (Å²) in [6.45, 7) is 1.78. The van der Waals surface area contributed by atoms with Crippen molar-refractivity contribution in [3.05, 3.63) is 0 Å². The summed E-state index contributed by atoms with van der Waals surface area (Å²) in [6, 6.07) is 0.400. The van der Waals surface area contributed by atoms with Gasteiger partial charge in [0.15, 0.2) is 0 Å². The Hall–Kier alpha value is -0.610. The molecule has 0 heterocycles. The van der Waals surface area contributed by atoms with Crippen LogP contribution < -0.4 is 5.32 Å². The number of hydrogen-bond acceptors (Lipinski definition) is 3. The van der Waals surface area contributed by atoms with Gasteiger partial charge in [0, 0.05) is 19.8 Å². The molecule has 0 aromatic carbocycles. The van der Waals surface area contributed by atoms with E-state index in [1.54, 1.807) is 7.11 Å². The largest absolute Gasteiger partial charge is 0.481 e. The van der Waals surface area contributed by atoms with Gasteiger partial charge >= 0.3 is 5.97 Å². The Kier molecular flexibility index (Phi) is 6.42. The Bertz CT molecular complexity index is 208. The van der Waals surface area contributed by atoms with Gasteiger partial charge in [-0.3, -0.25) is 4.79 Å². The maximum absolute atomic E-state index is 10.9. The van der Waals surface area contributed by atoms with Crippen LogP contribution in [0.2, 0.25) is 0 Å². The van der Waals surface area contributed by atoms with Gasteiger partial charge in [-0.1, -0.05) is 6.42 Å². The maximum atomic E-state index is 10.9. The van der Waals surface area contributed by atoms with Crippen LogP contribution in [0.25, 0.3) is 0 Å². The first kappa shape index (κ1) is 13.5. The van der Waals surface area contributed by atoms with Crippen LogP contribution in [0.5, 0.6) is 0 Å². The summed E-state index contributed by atoms with van der Waals surface area (Å²) in [7, 11) is 1.71. The molecule has 1 saturated carbocycles. The van der Waals surface area contributed by atoms with Gasteiger partial charge in [0.25, 0.3) is 0 Å². The minimum Gasteiger partial charge on any atom is -0.481 e. The van der Waals surface area contributed by atoms with Crippen LogP contribution in [0, 0.1) is 5.92 Å². The molecule has 1 aliphatic rings. The predicted molar refractivity (Wildman–Crippen MR) is 62.5 cm³/mol. The molecule has 1 rings (SSSR count). The fraction of sp³-hybridized carbons (Fsp3) is 0.917. The van der Waals surface area contributed by atoms with Crippen molar-refractivity contribution in [2.24, 2.45) is 5.92 Å². The van der Waals surface area contributed by atoms with Gasteiger partial charge in [-0.15, -0.1) is 0 Å². The van der Waals surface area contributed by atoms with Crippen LogP contribution in [0.1, 0.15) is 38.5 Å². The minimum absolute atomic E-state index is 0.134. The third kappa shape index (κ3) is 4.94. The number of unbranched alkanes of at least 4 members (excludes halogenated alkanes) is 1. The molecule has 4 heteroatoms. The highest BCUT2D eigenvalue weighted by Crippen LogP contribution is 2.24. The average molecular weight is 229 g/mol. The van der Waals surface area contributed by atoms with Crippen molar-refractivity contribution < 1.29 is 14.6 Å². The molecule has 2 unspecified atom stereocenters. The highest BCUT2D eigenvalue weighted by Gasteiger charge is 2.26. The molecule has 4 nitrogen and oxygen atoms in total. The summed E-state index contributed by atoms with van der Waals surface area (Å²) in [5, 5.41) is 12.4. The van der Waals surface area contributed by atoms with Crippen LogP contribution >= 0.6 is 0 Å². The molecule has 0 saturated heterocycles. The fourth-order valence-corrected chi connectivity index (χ4v) is 2.28. The van der Waals surface area contributed by atoms with Gasteiger partial charge in [-0.25, -0.2) is 0 Å². The zero-order chi connectivity index (χ0) is 11.8. The topological polar surface area (TPSA) is 58.6 Å². The van der Waals surface area contributed by atoms with E-state index in [0.29, 0.717) is 6.04 Å². The Morgan fingerprint density at radius 3 is 2.94 bits per heavy atom. The molecule has 2 N–H and O–H groups in total. The highest BCUT2D eigenvalue weighted by molar-refractivity contribution is 5.70. The number of carboxylic acid groups (broad SMARTS) is 1. The van der Waals surface area contributed by atoms with Crippen LogP contribution in [0.15, 0.2) is 0 Å². The first-order valence-corrected chi connectivity index (χ1v) is 6.19. The van der Waals surface area contributed by atoms with Gasteiger partial charge < -0.3 is 15.2 Å². The van der Waals surface area contributed by atoms with E-state index in [0.717, 1.165) is 51.7 Å². The molecule has 0 spiro atoms. The van der Waals surface area contributed by atoms with Gasteiger partial charge in [0.1, 0.15) is 0 Å². The molecular weight excluding hydrogens is 206 g/mol. The number of aliphatic carboxylic acids is 1. The normalized spacial score (nSPS) is 25.6. The van der Waals surface area contributed by atoms with Crippen LogP contribution in [-0.2, 0) is 9.53 Å². The zero-order valence-corrected chi connectivity index (χ0v) is 10.1. The maximum Gasteiger partial charge on any atom is 0.306 e. The first-order chi connectivity index (χ1) is 7.74. The lowest BCUT2D eigenvalue weighted by Gasteiger charge is -2.27. The summed E-state index contributed by atoms with van der Waals surface area (Å²) in [6.07, 6.45) is 5.96. The van der Waals surface area contributed by atoms with E-state index in [2.05, 4.69) is 5.32 Å². The number of methoxy groups -OCH3 is 1. The molecule has 0 aromatic heterocycles. The predicted octanol–water partition coefficient (Wildman–Crippen LogP) is 1.65. The van der Waals surface area contributed by atoms with Crippen molar-refractivity contribution in [3.63, 3.8) is 0 Å². The van der Waals surface area contributed by atoms with Crippen molar-refractivity contribution in [2.45, 2.75) is 44.6 Å². The summed E-state index contributed by atoms with van der Waals surface area (Å²) in [5.41, 5.74) is 0. The molecule has 16 heavy (non-hydrogen) atoms. The molecule has 0 aromatic rings. The van der Waals surface area contributed by atoms with Gasteiger partial charge in [-0.2, -0.15) is 0 Å². The SMILES string of the molecule is COCCCCNC1CCCC(C(=O)O)C1. The number of carbonyl (C=O) groups is 1. The van der Waals surface area contributed by atoms with Crippen LogP contribution in [0.4, 0.5) is 0 Å². The Balaban J connectivity index is 2.10. The number of ether oxygens (including phenoxy) is 1. The quantitative estimate of drug-likeness (QED) is 0.652. The summed E-state index contributed by atoms with van der Waals surface area (Å²) < 4.78 is 4.98. The summed E-state index contributed by atoms with van der Waals surface area (Å²) >= 11 is 0. The second-order valence-electron chi connectivity index (χ2n) is 4.55. The van der Waals surface area contributed by atoms with Gasteiger partial charge in [0.2, 0.25) is 0 Å². The van der Waals surface area contributed by atoms with Crippen LogP contribution in [-0.4, -0.2) is 37.4 Å². The van der Waals surface area contributed by atoms with Crippen molar-refractivity contribution in [1.29, 1.82) is 0 Å². The third-order valence-corrected chi connectivity index (χ3v) is 3.23. The molecule has 1 fully saturated rings. The van der Waals surface area contributed by atoms with Crippen molar-refractivity contribution >= 4 is 5.97 Å². The molecular formula is C12H23NO3. The van der Waals surface area contributed by atoms with Gasteiger partial charge in [0.05, 0.1) is 5.92 Å². The van der Waals surface area contributed by atoms with E-state index >= 15 is 0 Å². The van der Waals surface area contributed by atoms with E-state index in [1.807, 2.05) is 0 Å². The molecule has 0 amide bonds. The van der Waals surface area contributed by atoms with Crippen molar-refractivity contribution in [1.82, 2.24) is 5.32 Å². The number of carboxylic acids is 1. The van der Waals surface area contributed by atoms with Gasteiger partial charge in [-0.05, 0) is 38.6 Å². The zero-order valence-electron chi connectivity index (χ0n) is 10.1. The van der Waals surface area contributed by atoms with E-state index in [-0.39, 0.29) is 5.92 Å². The summed E-state index contributed by atoms with van der Waals surface area (Å²) in [4.78, 5) is 10.9. The Morgan fingerprint density at radius 1 is 1.44 bits per heavy atom. The second-order valence-corrected chi connectivity index (χ2v) is 4.55. The standard InChI is InChI=1S/C12H23NO3/c1-16-8-3-2-7-13-11-6-4-5-10(9-11)12(14)15/h10-11,13H,2-9H2,1H3,(H,14,15). The molecule has 2 atom stereocenters. The van der Waals surface area contributed by atoms with Crippen molar-refractivity contribution in [2.75, 3.05) is 20.3 Å². The van der Waals surface area contributed by atoms with E-state index in [9.17, 15) is 4.79 Å². The average Bonchev–Trinajstić information content (AvgIpc) is 2.29. The lowest BCUT2D eigenvalue weighted by Crippen LogP contribution is -2.36. The van der Waals surface area contributed by atoms with E-state index in [4.69, 9.17) is 9.84 Å². The Labute approximate surface area is 97.4 Å². The Morgan fingerprint density at radius 2 is 2.25 bits per heavy atom. The highest BCUT2D eigenvalue weighted by atomic mass is 16.5.